The van der Waals surface area contributed by atoms with Crippen molar-refractivity contribution in [1.82, 2.24) is 10.2 Å². The highest BCUT2D eigenvalue weighted by molar-refractivity contribution is 5.70. The maximum Gasteiger partial charge on any atom is 0.412 e. The maximum absolute atomic E-state index is 11.1. The van der Waals surface area contributed by atoms with Crippen molar-refractivity contribution in [2.24, 2.45) is 0 Å². The van der Waals surface area contributed by atoms with Crippen molar-refractivity contribution in [1.29, 1.82) is 0 Å². The molecule has 0 saturated heterocycles. The molecular formula is C13H20N2O2. The lowest BCUT2D eigenvalue weighted by Gasteiger charge is -2.16. The minimum absolute atomic E-state index is 0.441. The molecule has 0 aromatic heterocycles. The second-order valence-electron chi connectivity index (χ2n) is 4.41. The molecule has 94 valence electrons. The van der Waals surface area contributed by atoms with Gasteiger partial charge in [0.2, 0.25) is 0 Å². The summed E-state index contributed by atoms with van der Waals surface area (Å²) < 4.78 is 5.12. The van der Waals surface area contributed by atoms with Crippen LogP contribution in [0.4, 0.5) is 4.79 Å². The molecule has 0 aliphatic carbocycles. The predicted molar refractivity (Wildman–Crippen MR) is 68.4 cm³/mol. The van der Waals surface area contributed by atoms with E-state index >= 15 is 0 Å². The summed E-state index contributed by atoms with van der Waals surface area (Å²) in [4.78, 5) is 13.2. The lowest BCUT2D eigenvalue weighted by molar-refractivity contribution is 0.203. The fourth-order valence-electron chi connectivity index (χ4n) is 1.74. The van der Waals surface area contributed by atoms with Gasteiger partial charge in [-0.1, -0.05) is 0 Å². The summed E-state index contributed by atoms with van der Waals surface area (Å²) in [5, 5.41) is 2.43. The largest absolute Gasteiger partial charge is 0.412 e. The van der Waals surface area contributed by atoms with Crippen molar-refractivity contribution in [3.63, 3.8) is 0 Å². The van der Waals surface area contributed by atoms with Crippen molar-refractivity contribution in [2.45, 2.75) is 20.4 Å². The average Bonchev–Trinajstić information content (AvgIpc) is 2.23. The quantitative estimate of drug-likeness (QED) is 0.873. The lowest BCUT2D eigenvalue weighted by atomic mass is 10.0. The van der Waals surface area contributed by atoms with Crippen LogP contribution < -0.4 is 10.1 Å². The molecule has 1 aromatic carbocycles. The van der Waals surface area contributed by atoms with Gasteiger partial charge in [-0.05, 0) is 56.8 Å². The second-order valence-corrected chi connectivity index (χ2v) is 4.41. The van der Waals surface area contributed by atoms with Gasteiger partial charge in [0.05, 0.1) is 0 Å². The zero-order valence-corrected chi connectivity index (χ0v) is 11.1. The number of nitrogens with one attached hydrogen (secondary N) is 1. The van der Waals surface area contributed by atoms with Crippen LogP contribution in [0.2, 0.25) is 0 Å². The Kier molecular flexibility index (Phi) is 4.52. The van der Waals surface area contributed by atoms with Gasteiger partial charge in [0.1, 0.15) is 5.75 Å². The van der Waals surface area contributed by atoms with Gasteiger partial charge in [-0.3, -0.25) is 0 Å². The Morgan fingerprint density at radius 2 is 1.82 bits per heavy atom. The van der Waals surface area contributed by atoms with Crippen LogP contribution in [0, 0.1) is 13.8 Å². The summed E-state index contributed by atoms with van der Waals surface area (Å²) in [6.45, 7) is 4.95. The van der Waals surface area contributed by atoms with Gasteiger partial charge in [-0.25, -0.2) is 4.79 Å². The first-order valence-corrected chi connectivity index (χ1v) is 5.58. The van der Waals surface area contributed by atoms with Gasteiger partial charge in [0.15, 0.2) is 0 Å². The highest BCUT2D eigenvalue weighted by Gasteiger charge is 2.09. The number of carbonyl (C=O) groups is 1. The predicted octanol–water partition coefficient (Wildman–Crippen LogP) is 2.08. The molecule has 0 unspecified atom stereocenters. The topological polar surface area (TPSA) is 41.6 Å². The molecule has 4 nitrogen and oxygen atoms in total. The number of benzene rings is 1. The molecule has 1 rings (SSSR count). The summed E-state index contributed by atoms with van der Waals surface area (Å²) >= 11 is 0. The van der Waals surface area contributed by atoms with Crippen LogP contribution >= 0.6 is 0 Å². The standard InChI is InChI=1S/C13H20N2O2/c1-9-6-11(17-13(16)14-3)7-10(2)12(9)8-15(4)5/h6-7H,8H2,1-5H3,(H,14,16). The number of amides is 1. The molecule has 1 aromatic rings. The molecular weight excluding hydrogens is 216 g/mol. The van der Waals surface area contributed by atoms with E-state index in [4.69, 9.17) is 4.74 Å². The number of rotatable bonds is 3. The van der Waals surface area contributed by atoms with E-state index in [1.54, 1.807) is 7.05 Å². The van der Waals surface area contributed by atoms with Gasteiger partial charge in [-0.15, -0.1) is 0 Å². The third-order valence-corrected chi connectivity index (χ3v) is 2.56. The molecule has 0 aliphatic heterocycles. The van der Waals surface area contributed by atoms with E-state index in [-0.39, 0.29) is 0 Å². The number of hydrogen-bond donors (Lipinski definition) is 1. The number of carbonyl (C=O) groups excluding carboxylic acids is 1. The zero-order valence-electron chi connectivity index (χ0n) is 11.1. The number of ether oxygens (including phenoxy) is 1. The van der Waals surface area contributed by atoms with E-state index < -0.39 is 6.09 Å². The van der Waals surface area contributed by atoms with Crippen molar-refractivity contribution >= 4 is 6.09 Å². The van der Waals surface area contributed by atoms with Crippen LogP contribution in [0.3, 0.4) is 0 Å². The molecule has 0 atom stereocenters. The lowest BCUT2D eigenvalue weighted by Crippen LogP contribution is -2.22. The van der Waals surface area contributed by atoms with E-state index in [2.05, 4.69) is 10.2 Å². The molecule has 0 bridgehead atoms. The molecule has 1 N–H and O–H groups in total. The van der Waals surface area contributed by atoms with Crippen LogP contribution in [0.5, 0.6) is 5.75 Å². The van der Waals surface area contributed by atoms with Crippen LogP contribution in [0.1, 0.15) is 16.7 Å². The normalized spacial score (nSPS) is 10.5. The molecule has 0 radical (unpaired) electrons. The molecule has 1 amide bonds. The first kappa shape index (κ1) is 13.5. The van der Waals surface area contributed by atoms with Crippen LogP contribution in [-0.4, -0.2) is 32.1 Å². The maximum atomic E-state index is 11.1. The van der Waals surface area contributed by atoms with Gasteiger partial charge in [0.25, 0.3) is 0 Å². The monoisotopic (exact) mass is 236 g/mol. The molecule has 0 fully saturated rings. The number of aryl methyl sites for hydroxylation is 2. The summed E-state index contributed by atoms with van der Waals surface area (Å²) in [6.07, 6.45) is -0.441. The van der Waals surface area contributed by atoms with Gasteiger partial charge in [-0.2, -0.15) is 0 Å². The number of hydrogen-bond acceptors (Lipinski definition) is 3. The Labute approximate surface area is 103 Å². The minimum Gasteiger partial charge on any atom is -0.410 e. The summed E-state index contributed by atoms with van der Waals surface area (Å²) in [5.41, 5.74) is 3.55. The first-order valence-electron chi connectivity index (χ1n) is 5.58. The molecule has 0 saturated carbocycles. The molecule has 17 heavy (non-hydrogen) atoms. The van der Waals surface area contributed by atoms with E-state index in [0.717, 1.165) is 17.7 Å². The van der Waals surface area contributed by atoms with Crippen LogP contribution in [-0.2, 0) is 6.54 Å². The van der Waals surface area contributed by atoms with E-state index in [1.807, 2.05) is 40.1 Å². The Morgan fingerprint density at radius 1 is 1.29 bits per heavy atom. The van der Waals surface area contributed by atoms with Crippen LogP contribution in [0.25, 0.3) is 0 Å². The Balaban J connectivity index is 2.96. The van der Waals surface area contributed by atoms with E-state index in [1.165, 1.54) is 5.56 Å². The summed E-state index contributed by atoms with van der Waals surface area (Å²) in [6, 6.07) is 3.78. The van der Waals surface area contributed by atoms with E-state index in [9.17, 15) is 4.79 Å². The zero-order chi connectivity index (χ0) is 13.0. The minimum atomic E-state index is -0.441. The van der Waals surface area contributed by atoms with Crippen molar-refractivity contribution in [2.75, 3.05) is 21.1 Å². The average molecular weight is 236 g/mol. The van der Waals surface area contributed by atoms with Gasteiger partial charge < -0.3 is 15.0 Å². The van der Waals surface area contributed by atoms with E-state index in [0.29, 0.717) is 5.75 Å². The van der Waals surface area contributed by atoms with Crippen molar-refractivity contribution in [3.05, 3.63) is 28.8 Å². The fourth-order valence-corrected chi connectivity index (χ4v) is 1.74. The van der Waals surface area contributed by atoms with Crippen molar-refractivity contribution < 1.29 is 9.53 Å². The fraction of sp³-hybridized carbons (Fsp3) is 0.462. The Morgan fingerprint density at radius 3 is 2.24 bits per heavy atom. The third-order valence-electron chi connectivity index (χ3n) is 2.56. The van der Waals surface area contributed by atoms with Crippen LogP contribution in [0.15, 0.2) is 12.1 Å². The molecule has 0 heterocycles. The van der Waals surface area contributed by atoms with Gasteiger partial charge >= 0.3 is 6.09 Å². The first-order chi connectivity index (χ1) is 7.93. The molecule has 0 spiro atoms. The summed E-state index contributed by atoms with van der Waals surface area (Å²) in [5.74, 6) is 0.585. The highest BCUT2D eigenvalue weighted by Crippen LogP contribution is 2.22. The second kappa shape index (κ2) is 5.68. The highest BCUT2D eigenvalue weighted by atomic mass is 16.5. The SMILES string of the molecule is CNC(=O)Oc1cc(C)c(CN(C)C)c(C)c1. The smallest absolute Gasteiger partial charge is 0.410 e. The molecule has 4 heteroatoms. The van der Waals surface area contributed by atoms with Crippen molar-refractivity contribution in [3.8, 4) is 5.75 Å². The number of nitrogens with zero attached hydrogens (tertiary/aromatic N) is 1. The third kappa shape index (κ3) is 3.75. The van der Waals surface area contributed by atoms with Gasteiger partial charge in [0, 0.05) is 13.6 Å². The molecule has 0 aliphatic rings. The Hall–Kier alpha value is -1.55. The Bertz CT molecular complexity index is 391. The summed E-state index contributed by atoms with van der Waals surface area (Å²) in [7, 11) is 5.62.